The van der Waals surface area contributed by atoms with Crippen LogP contribution in [0, 0.1) is 6.92 Å². The predicted octanol–water partition coefficient (Wildman–Crippen LogP) is 3.14. The summed E-state index contributed by atoms with van der Waals surface area (Å²) < 4.78 is 0. The molecule has 1 aromatic heterocycles. The highest BCUT2D eigenvalue weighted by atomic mass is 32.1. The summed E-state index contributed by atoms with van der Waals surface area (Å²) >= 11 is 1.51. The molecule has 0 saturated heterocycles. The van der Waals surface area contributed by atoms with Crippen LogP contribution in [0.2, 0.25) is 0 Å². The van der Waals surface area contributed by atoms with Crippen molar-refractivity contribution in [1.82, 2.24) is 15.6 Å². The largest absolute Gasteiger partial charge is 0.387 e. The maximum absolute atomic E-state index is 11.8. The molecule has 3 N–H and O–H groups in total. The molecule has 1 heterocycles. The Kier molecular flexibility index (Phi) is 5.08. The summed E-state index contributed by atoms with van der Waals surface area (Å²) in [4.78, 5) is 17.0. The second kappa shape index (κ2) is 7.42. The molecule has 24 heavy (non-hydrogen) atoms. The maximum atomic E-state index is 11.8. The first-order valence-electron chi connectivity index (χ1n) is 7.71. The van der Waals surface area contributed by atoms with Crippen molar-refractivity contribution < 1.29 is 9.90 Å². The molecule has 1 atom stereocenters. The van der Waals surface area contributed by atoms with Gasteiger partial charge in [-0.3, -0.25) is 0 Å². The Labute approximate surface area is 144 Å². The summed E-state index contributed by atoms with van der Waals surface area (Å²) in [5.41, 5.74) is 3.47. The molecule has 0 aliphatic rings. The second-order valence-electron chi connectivity index (χ2n) is 5.55. The van der Waals surface area contributed by atoms with Gasteiger partial charge in [0.15, 0.2) is 0 Å². The number of rotatable bonds is 5. The van der Waals surface area contributed by atoms with Crippen molar-refractivity contribution in [3.63, 3.8) is 0 Å². The number of nitrogens with one attached hydrogen (secondary N) is 2. The van der Waals surface area contributed by atoms with Gasteiger partial charge < -0.3 is 15.7 Å². The minimum Gasteiger partial charge on any atom is -0.387 e. The van der Waals surface area contributed by atoms with Gasteiger partial charge in [-0.25, -0.2) is 9.78 Å². The van der Waals surface area contributed by atoms with Crippen LogP contribution < -0.4 is 10.6 Å². The van der Waals surface area contributed by atoms with Gasteiger partial charge in [0.05, 0.1) is 23.9 Å². The molecule has 6 heteroatoms. The molecule has 0 radical (unpaired) electrons. The van der Waals surface area contributed by atoms with Crippen LogP contribution in [0.4, 0.5) is 4.79 Å². The van der Waals surface area contributed by atoms with Crippen molar-refractivity contribution in [2.75, 3.05) is 6.54 Å². The maximum Gasteiger partial charge on any atom is 0.315 e. The van der Waals surface area contributed by atoms with E-state index in [-0.39, 0.29) is 12.6 Å². The van der Waals surface area contributed by atoms with Gasteiger partial charge >= 0.3 is 6.03 Å². The van der Waals surface area contributed by atoms with E-state index in [0.717, 1.165) is 26.9 Å². The summed E-state index contributed by atoms with van der Waals surface area (Å²) in [7, 11) is 0. The Balaban J connectivity index is 1.53. The number of carbonyl (C=O) groups is 1. The zero-order valence-corrected chi connectivity index (χ0v) is 14.1. The van der Waals surface area contributed by atoms with Crippen molar-refractivity contribution >= 4 is 28.1 Å². The quantitative estimate of drug-likeness (QED) is 0.667. The molecule has 0 fully saturated rings. The third-order valence-corrected chi connectivity index (χ3v) is 4.80. The van der Waals surface area contributed by atoms with Crippen LogP contribution in [0.5, 0.6) is 0 Å². The van der Waals surface area contributed by atoms with Gasteiger partial charge in [0, 0.05) is 11.4 Å². The molecule has 3 aromatic rings. The minimum atomic E-state index is -0.745. The molecule has 0 spiro atoms. The van der Waals surface area contributed by atoms with E-state index in [9.17, 15) is 9.90 Å². The standard InChI is InChI=1S/C18H19N3O2S/c1-12-17(24-11-21-12)10-20-18(23)19-9-16(22)15-7-6-13-4-2-3-5-14(13)8-15/h2-8,11,16,22H,9-10H2,1H3,(H2,19,20,23). The number of aliphatic hydroxyl groups excluding tert-OH is 1. The number of fused-ring (bicyclic) bond motifs is 1. The number of amides is 2. The van der Waals surface area contributed by atoms with Gasteiger partial charge in [-0.1, -0.05) is 36.4 Å². The fraction of sp³-hybridized carbons (Fsp3) is 0.222. The number of hydrogen-bond donors (Lipinski definition) is 3. The fourth-order valence-electron chi connectivity index (χ4n) is 2.44. The molecule has 0 bridgehead atoms. The molecular formula is C18H19N3O2S. The van der Waals surface area contributed by atoms with E-state index in [0.29, 0.717) is 6.54 Å². The molecule has 0 aliphatic heterocycles. The number of carbonyl (C=O) groups excluding carboxylic acids is 1. The molecule has 124 valence electrons. The van der Waals surface area contributed by atoms with Gasteiger partial charge in [-0.15, -0.1) is 11.3 Å². The van der Waals surface area contributed by atoms with Crippen molar-refractivity contribution in [3.8, 4) is 0 Å². The van der Waals surface area contributed by atoms with E-state index in [1.54, 1.807) is 5.51 Å². The van der Waals surface area contributed by atoms with E-state index in [2.05, 4.69) is 15.6 Å². The number of urea groups is 1. The number of aromatic nitrogens is 1. The van der Waals surface area contributed by atoms with Crippen LogP contribution in [0.25, 0.3) is 10.8 Å². The highest BCUT2D eigenvalue weighted by Crippen LogP contribution is 2.20. The van der Waals surface area contributed by atoms with E-state index in [1.165, 1.54) is 11.3 Å². The fourth-order valence-corrected chi connectivity index (χ4v) is 3.16. The smallest absolute Gasteiger partial charge is 0.315 e. The van der Waals surface area contributed by atoms with Crippen molar-refractivity contribution in [1.29, 1.82) is 0 Å². The Morgan fingerprint density at radius 3 is 2.75 bits per heavy atom. The van der Waals surface area contributed by atoms with Crippen LogP contribution >= 0.6 is 11.3 Å². The average Bonchev–Trinajstić information content (AvgIpc) is 3.02. The number of nitrogens with zero attached hydrogens (tertiary/aromatic N) is 1. The van der Waals surface area contributed by atoms with Crippen LogP contribution in [0.3, 0.4) is 0 Å². The van der Waals surface area contributed by atoms with Gasteiger partial charge in [-0.05, 0) is 29.3 Å². The Bertz CT molecular complexity index is 847. The average molecular weight is 341 g/mol. The molecular weight excluding hydrogens is 322 g/mol. The first-order chi connectivity index (χ1) is 11.6. The summed E-state index contributed by atoms with van der Waals surface area (Å²) in [6, 6.07) is 13.5. The van der Waals surface area contributed by atoms with E-state index in [4.69, 9.17) is 0 Å². The first-order valence-corrected chi connectivity index (χ1v) is 8.59. The topological polar surface area (TPSA) is 74.2 Å². The normalized spacial score (nSPS) is 12.1. The summed E-state index contributed by atoms with van der Waals surface area (Å²) in [6.45, 7) is 2.51. The highest BCUT2D eigenvalue weighted by Gasteiger charge is 2.10. The molecule has 3 rings (SSSR count). The highest BCUT2D eigenvalue weighted by molar-refractivity contribution is 7.09. The molecule has 1 unspecified atom stereocenters. The monoisotopic (exact) mass is 341 g/mol. The lowest BCUT2D eigenvalue weighted by Gasteiger charge is -2.13. The SMILES string of the molecule is Cc1ncsc1CNC(=O)NCC(O)c1ccc2ccccc2c1. The van der Waals surface area contributed by atoms with E-state index < -0.39 is 6.10 Å². The van der Waals surface area contributed by atoms with Crippen molar-refractivity contribution in [3.05, 3.63) is 64.1 Å². The van der Waals surface area contributed by atoms with Crippen LogP contribution in [-0.4, -0.2) is 22.7 Å². The van der Waals surface area contributed by atoms with Gasteiger partial charge in [0.1, 0.15) is 0 Å². The molecule has 0 aliphatic carbocycles. The van der Waals surface area contributed by atoms with Crippen molar-refractivity contribution in [2.24, 2.45) is 0 Å². The zero-order valence-electron chi connectivity index (χ0n) is 13.3. The number of hydrogen-bond acceptors (Lipinski definition) is 4. The number of aliphatic hydroxyl groups is 1. The van der Waals surface area contributed by atoms with Crippen molar-refractivity contribution in [2.45, 2.75) is 19.6 Å². The van der Waals surface area contributed by atoms with Gasteiger partial charge in [-0.2, -0.15) is 0 Å². The molecule has 2 amide bonds. The second-order valence-corrected chi connectivity index (χ2v) is 6.49. The summed E-state index contributed by atoms with van der Waals surface area (Å²) in [5, 5.41) is 17.9. The lowest BCUT2D eigenvalue weighted by atomic mass is 10.0. The molecule has 2 aromatic carbocycles. The Morgan fingerprint density at radius 1 is 1.21 bits per heavy atom. The number of thiazole rings is 1. The minimum absolute atomic E-state index is 0.159. The van der Waals surface area contributed by atoms with Gasteiger partial charge in [0.2, 0.25) is 0 Å². The molecule has 5 nitrogen and oxygen atoms in total. The summed E-state index contributed by atoms with van der Waals surface area (Å²) in [5.74, 6) is 0. The third kappa shape index (κ3) is 3.90. The number of benzene rings is 2. The Morgan fingerprint density at radius 2 is 2.00 bits per heavy atom. The van der Waals surface area contributed by atoms with E-state index >= 15 is 0 Å². The Hall–Kier alpha value is -2.44. The molecule has 0 saturated carbocycles. The predicted molar refractivity (Wildman–Crippen MR) is 96.0 cm³/mol. The zero-order chi connectivity index (χ0) is 16.9. The van der Waals surface area contributed by atoms with E-state index in [1.807, 2.05) is 49.4 Å². The van der Waals surface area contributed by atoms with Crippen LogP contribution in [0.1, 0.15) is 22.2 Å². The van der Waals surface area contributed by atoms with Crippen LogP contribution in [0.15, 0.2) is 48.0 Å². The third-order valence-electron chi connectivity index (χ3n) is 3.87. The lowest BCUT2D eigenvalue weighted by Crippen LogP contribution is -2.37. The van der Waals surface area contributed by atoms with Gasteiger partial charge in [0.25, 0.3) is 0 Å². The first kappa shape index (κ1) is 16.4. The van der Waals surface area contributed by atoms with Crippen LogP contribution in [-0.2, 0) is 6.54 Å². The number of aryl methyl sites for hydroxylation is 1. The summed E-state index contributed by atoms with van der Waals surface area (Å²) in [6.07, 6.45) is -0.745. The lowest BCUT2D eigenvalue weighted by molar-refractivity contribution is 0.173.